The summed E-state index contributed by atoms with van der Waals surface area (Å²) in [6.45, 7) is 1.98. The third kappa shape index (κ3) is 3.88. The van der Waals surface area contributed by atoms with Crippen molar-refractivity contribution in [3.63, 3.8) is 0 Å². The number of carbonyl (C=O) groups excluding carboxylic acids is 3. The van der Waals surface area contributed by atoms with Gasteiger partial charge in [0, 0.05) is 23.6 Å². The molecule has 1 aromatic carbocycles. The number of benzene rings is 1. The van der Waals surface area contributed by atoms with Crippen LogP contribution in [0.3, 0.4) is 0 Å². The summed E-state index contributed by atoms with van der Waals surface area (Å²) in [5, 5.41) is 0.716. The molecule has 2 amide bonds. The molecule has 1 aliphatic heterocycles. The van der Waals surface area contributed by atoms with Crippen LogP contribution in [0, 0.1) is 11.8 Å². The van der Waals surface area contributed by atoms with E-state index in [0.29, 0.717) is 16.5 Å². The van der Waals surface area contributed by atoms with E-state index in [4.69, 9.17) is 9.15 Å². The predicted molar refractivity (Wildman–Crippen MR) is 108 cm³/mol. The molecule has 2 heterocycles. The van der Waals surface area contributed by atoms with E-state index in [0.717, 1.165) is 37.7 Å². The van der Waals surface area contributed by atoms with Gasteiger partial charge in [-0.1, -0.05) is 31.9 Å². The molecule has 7 nitrogen and oxygen atoms in total. The van der Waals surface area contributed by atoms with Crippen LogP contribution in [0.15, 0.2) is 33.5 Å². The van der Waals surface area contributed by atoms with Crippen LogP contribution in [-0.4, -0.2) is 29.2 Å². The van der Waals surface area contributed by atoms with Crippen molar-refractivity contribution in [3.05, 3.63) is 45.8 Å². The predicted octanol–water partition coefficient (Wildman–Crippen LogP) is 2.96. The molecule has 2 aliphatic rings. The summed E-state index contributed by atoms with van der Waals surface area (Å²) in [4.78, 5) is 50.3. The van der Waals surface area contributed by atoms with Crippen molar-refractivity contribution in [2.75, 3.05) is 6.54 Å². The van der Waals surface area contributed by atoms with E-state index < -0.39 is 11.6 Å². The lowest BCUT2D eigenvalue weighted by Crippen LogP contribution is -2.33. The van der Waals surface area contributed by atoms with Gasteiger partial charge in [0.05, 0.1) is 18.3 Å². The van der Waals surface area contributed by atoms with Gasteiger partial charge in [-0.25, -0.2) is 4.79 Å². The van der Waals surface area contributed by atoms with Gasteiger partial charge in [-0.15, -0.1) is 0 Å². The van der Waals surface area contributed by atoms with Crippen molar-refractivity contribution in [1.29, 1.82) is 0 Å². The summed E-state index contributed by atoms with van der Waals surface area (Å²) in [6.07, 6.45) is 4.19. The van der Waals surface area contributed by atoms with Crippen molar-refractivity contribution >= 4 is 28.8 Å². The van der Waals surface area contributed by atoms with E-state index in [9.17, 15) is 19.2 Å². The fraction of sp³-hybridized carbons (Fsp3) is 0.478. The average Bonchev–Trinajstić information content (AvgIpc) is 3.00. The highest BCUT2D eigenvalue weighted by Gasteiger charge is 2.47. The van der Waals surface area contributed by atoms with Crippen molar-refractivity contribution in [3.8, 4) is 0 Å². The van der Waals surface area contributed by atoms with Gasteiger partial charge in [0.2, 0.25) is 11.8 Å². The van der Waals surface area contributed by atoms with Gasteiger partial charge in [0.1, 0.15) is 12.2 Å². The molecule has 30 heavy (non-hydrogen) atoms. The number of likely N-dealkylation sites (tertiary alicyclic amines) is 1. The third-order valence-corrected chi connectivity index (χ3v) is 6.16. The molecule has 1 saturated carbocycles. The molecule has 1 aliphatic carbocycles. The molecule has 0 bridgehead atoms. The van der Waals surface area contributed by atoms with Gasteiger partial charge in [0.15, 0.2) is 0 Å². The summed E-state index contributed by atoms with van der Waals surface area (Å²) in [5.74, 6) is -1.26. The Bertz CT molecular complexity index is 1030. The van der Waals surface area contributed by atoms with E-state index in [2.05, 4.69) is 0 Å². The van der Waals surface area contributed by atoms with Crippen LogP contribution in [0.5, 0.6) is 0 Å². The van der Waals surface area contributed by atoms with Crippen molar-refractivity contribution < 1.29 is 23.5 Å². The minimum absolute atomic E-state index is 0.0427. The monoisotopic (exact) mass is 411 g/mol. The van der Waals surface area contributed by atoms with Crippen LogP contribution in [0.4, 0.5) is 0 Å². The van der Waals surface area contributed by atoms with Crippen LogP contribution in [0.2, 0.25) is 0 Å². The molecule has 1 aromatic heterocycles. The average molecular weight is 411 g/mol. The summed E-state index contributed by atoms with van der Waals surface area (Å²) >= 11 is 0. The molecule has 4 rings (SSSR count). The number of amides is 2. The van der Waals surface area contributed by atoms with E-state index >= 15 is 0 Å². The van der Waals surface area contributed by atoms with Crippen LogP contribution in [0.25, 0.3) is 11.0 Å². The zero-order valence-corrected chi connectivity index (χ0v) is 17.0. The highest BCUT2D eigenvalue weighted by atomic mass is 16.5. The molecule has 2 fully saturated rings. The SMILES string of the molecule is CCc1ccc2c(COC(=O)CCN3C(=O)[C@@H]4CCCC[C@H]4C3=O)cc(=O)oc2c1. The second-order valence-corrected chi connectivity index (χ2v) is 8.01. The maximum atomic E-state index is 12.5. The third-order valence-electron chi connectivity index (χ3n) is 6.16. The maximum Gasteiger partial charge on any atom is 0.336 e. The Balaban J connectivity index is 1.38. The number of fused-ring (bicyclic) bond motifs is 2. The lowest BCUT2D eigenvalue weighted by atomic mass is 9.81. The lowest BCUT2D eigenvalue weighted by molar-refractivity contribution is -0.146. The number of hydrogen-bond acceptors (Lipinski definition) is 6. The van der Waals surface area contributed by atoms with Gasteiger partial charge < -0.3 is 9.15 Å². The van der Waals surface area contributed by atoms with Gasteiger partial charge >= 0.3 is 11.6 Å². The number of imide groups is 1. The maximum absolute atomic E-state index is 12.5. The number of ether oxygens (including phenoxy) is 1. The Kier molecular flexibility index (Phi) is 5.70. The standard InChI is InChI=1S/C23H25NO6/c1-2-14-7-8-16-15(12-21(26)30-19(16)11-14)13-29-20(25)9-10-24-22(27)17-5-3-4-6-18(17)23(24)28/h7-8,11-12,17-18H,2-6,9-10,13H2,1H3/t17-,18-/m1/s1. The number of hydrogen-bond donors (Lipinski definition) is 0. The second-order valence-electron chi connectivity index (χ2n) is 8.01. The molecule has 2 aromatic rings. The molecular formula is C23H25NO6. The molecule has 0 radical (unpaired) electrons. The van der Waals surface area contributed by atoms with E-state index in [1.807, 2.05) is 25.1 Å². The van der Waals surface area contributed by atoms with Crippen LogP contribution in [-0.2, 0) is 32.1 Å². The highest BCUT2D eigenvalue weighted by Crippen LogP contribution is 2.38. The first kappa shape index (κ1) is 20.3. The van der Waals surface area contributed by atoms with Crippen molar-refractivity contribution in [2.24, 2.45) is 11.8 Å². The number of esters is 1. The van der Waals surface area contributed by atoms with E-state index in [1.54, 1.807) is 0 Å². The van der Waals surface area contributed by atoms with Crippen LogP contribution < -0.4 is 5.63 Å². The number of nitrogens with zero attached hydrogens (tertiary/aromatic N) is 1. The number of carbonyl (C=O) groups is 3. The first-order valence-electron chi connectivity index (χ1n) is 10.5. The smallest absolute Gasteiger partial charge is 0.336 e. The Morgan fingerprint density at radius 2 is 1.80 bits per heavy atom. The lowest BCUT2D eigenvalue weighted by Gasteiger charge is -2.19. The Morgan fingerprint density at radius 3 is 2.47 bits per heavy atom. The Labute approximate surface area is 174 Å². The molecule has 7 heteroatoms. The molecular weight excluding hydrogens is 386 g/mol. The first-order valence-corrected chi connectivity index (χ1v) is 10.5. The molecule has 0 unspecified atom stereocenters. The fourth-order valence-corrected chi connectivity index (χ4v) is 4.50. The molecule has 0 spiro atoms. The Hall–Kier alpha value is -2.96. The van der Waals surface area contributed by atoms with Gasteiger partial charge in [-0.3, -0.25) is 19.3 Å². The summed E-state index contributed by atoms with van der Waals surface area (Å²) in [6, 6.07) is 6.92. The van der Waals surface area contributed by atoms with Gasteiger partial charge in [0.25, 0.3) is 0 Å². The zero-order valence-electron chi connectivity index (χ0n) is 17.0. The molecule has 0 N–H and O–H groups in total. The summed E-state index contributed by atoms with van der Waals surface area (Å²) in [7, 11) is 0. The zero-order chi connectivity index (χ0) is 21.3. The molecule has 1 saturated heterocycles. The van der Waals surface area contributed by atoms with Crippen molar-refractivity contribution in [1.82, 2.24) is 4.90 Å². The normalized spacial score (nSPS) is 21.2. The minimum atomic E-state index is -0.517. The Morgan fingerprint density at radius 1 is 1.10 bits per heavy atom. The van der Waals surface area contributed by atoms with E-state index in [-0.39, 0.29) is 43.2 Å². The topological polar surface area (TPSA) is 93.9 Å². The molecule has 2 atom stereocenters. The summed E-state index contributed by atoms with van der Waals surface area (Å²) in [5.41, 5.74) is 1.57. The largest absolute Gasteiger partial charge is 0.461 e. The number of aryl methyl sites for hydroxylation is 1. The fourth-order valence-electron chi connectivity index (χ4n) is 4.50. The quantitative estimate of drug-likeness (QED) is 0.412. The van der Waals surface area contributed by atoms with Crippen LogP contribution >= 0.6 is 0 Å². The van der Waals surface area contributed by atoms with Crippen LogP contribution in [0.1, 0.15) is 50.2 Å². The van der Waals surface area contributed by atoms with Gasteiger partial charge in [-0.2, -0.15) is 0 Å². The minimum Gasteiger partial charge on any atom is -0.461 e. The summed E-state index contributed by atoms with van der Waals surface area (Å²) < 4.78 is 10.6. The van der Waals surface area contributed by atoms with Crippen molar-refractivity contribution in [2.45, 2.75) is 52.1 Å². The molecule has 158 valence electrons. The number of rotatable bonds is 6. The van der Waals surface area contributed by atoms with E-state index in [1.165, 1.54) is 11.0 Å². The first-order chi connectivity index (χ1) is 14.5. The highest BCUT2D eigenvalue weighted by molar-refractivity contribution is 6.05. The second kappa shape index (κ2) is 8.42. The van der Waals surface area contributed by atoms with Gasteiger partial charge in [-0.05, 0) is 30.9 Å².